The van der Waals surface area contributed by atoms with E-state index in [0.717, 1.165) is 24.2 Å². The number of carbonyl (C=O) groups is 1. The number of rotatable bonds is 3. The molecule has 2 aromatic heterocycles. The molecule has 0 radical (unpaired) electrons. The molecular formula is C11H12N4O2. The second-order valence-electron chi connectivity index (χ2n) is 4.27. The van der Waals surface area contributed by atoms with Gasteiger partial charge in [0.05, 0.1) is 0 Å². The Bertz CT molecular complexity index is 601. The largest absolute Gasteiger partial charge is 0.477 e. The van der Waals surface area contributed by atoms with Crippen molar-refractivity contribution >= 4 is 11.6 Å². The van der Waals surface area contributed by atoms with Crippen LogP contribution in [0.25, 0.3) is 5.65 Å². The summed E-state index contributed by atoms with van der Waals surface area (Å²) in [5, 5.41) is 17.0. The molecule has 2 heterocycles. The highest BCUT2D eigenvalue weighted by molar-refractivity contribution is 5.86. The lowest BCUT2D eigenvalue weighted by molar-refractivity contribution is 0.0686. The maximum Gasteiger partial charge on any atom is 0.354 e. The van der Waals surface area contributed by atoms with Gasteiger partial charge in [-0.15, -0.1) is 5.10 Å². The topological polar surface area (TPSA) is 80.4 Å². The number of fused-ring (bicyclic) bond motifs is 1. The number of nitrogens with zero attached hydrogens (tertiary/aromatic N) is 4. The third-order valence-electron chi connectivity index (χ3n) is 3.01. The lowest BCUT2D eigenvalue weighted by Crippen LogP contribution is -2.09. The maximum atomic E-state index is 11.2. The third-order valence-corrected chi connectivity index (χ3v) is 3.01. The van der Waals surface area contributed by atoms with Crippen LogP contribution in [0.4, 0.5) is 0 Å². The van der Waals surface area contributed by atoms with Crippen molar-refractivity contribution in [3.05, 3.63) is 23.1 Å². The normalized spacial score (nSPS) is 15.4. The van der Waals surface area contributed by atoms with E-state index in [9.17, 15) is 9.90 Å². The maximum absolute atomic E-state index is 11.2. The van der Waals surface area contributed by atoms with Crippen molar-refractivity contribution < 1.29 is 9.90 Å². The molecule has 1 aliphatic carbocycles. The predicted molar refractivity (Wildman–Crippen MR) is 59.1 cm³/mol. The van der Waals surface area contributed by atoms with Gasteiger partial charge in [0.1, 0.15) is 5.69 Å². The molecule has 88 valence electrons. The van der Waals surface area contributed by atoms with Gasteiger partial charge in [-0.05, 0) is 25.3 Å². The molecule has 1 fully saturated rings. The SMILES string of the molecule is CCc1nnn2c(C(=O)O)cc(C3CC3)nc12. The highest BCUT2D eigenvalue weighted by Gasteiger charge is 2.28. The number of hydrogen-bond donors (Lipinski definition) is 1. The van der Waals surface area contributed by atoms with Crippen LogP contribution >= 0.6 is 0 Å². The van der Waals surface area contributed by atoms with Crippen LogP contribution in [0, 0.1) is 0 Å². The molecule has 1 saturated carbocycles. The zero-order valence-corrected chi connectivity index (χ0v) is 9.42. The number of carboxylic acid groups (broad SMARTS) is 1. The molecule has 1 aliphatic rings. The van der Waals surface area contributed by atoms with Crippen molar-refractivity contribution in [2.45, 2.75) is 32.1 Å². The Morgan fingerprint density at radius 1 is 1.59 bits per heavy atom. The van der Waals surface area contributed by atoms with E-state index < -0.39 is 5.97 Å². The molecular weight excluding hydrogens is 220 g/mol. The molecule has 6 nitrogen and oxygen atoms in total. The van der Waals surface area contributed by atoms with E-state index in [0.29, 0.717) is 18.0 Å². The molecule has 2 aromatic rings. The van der Waals surface area contributed by atoms with E-state index in [1.807, 2.05) is 6.92 Å². The Hall–Kier alpha value is -1.98. The summed E-state index contributed by atoms with van der Waals surface area (Å²) >= 11 is 0. The summed E-state index contributed by atoms with van der Waals surface area (Å²) in [6, 6.07) is 1.61. The first kappa shape index (κ1) is 10.2. The number of carboxylic acids is 1. The second kappa shape index (κ2) is 3.51. The summed E-state index contributed by atoms with van der Waals surface area (Å²) < 4.78 is 1.31. The van der Waals surface area contributed by atoms with Gasteiger partial charge in [0.2, 0.25) is 0 Å². The van der Waals surface area contributed by atoms with Crippen molar-refractivity contribution in [3.63, 3.8) is 0 Å². The Balaban J connectivity index is 2.29. The minimum Gasteiger partial charge on any atom is -0.477 e. The molecule has 0 spiro atoms. The Morgan fingerprint density at radius 3 is 2.94 bits per heavy atom. The van der Waals surface area contributed by atoms with Crippen LogP contribution in [-0.2, 0) is 6.42 Å². The zero-order chi connectivity index (χ0) is 12.0. The van der Waals surface area contributed by atoms with E-state index in [1.54, 1.807) is 6.07 Å². The molecule has 0 unspecified atom stereocenters. The van der Waals surface area contributed by atoms with Gasteiger partial charge in [0.15, 0.2) is 11.3 Å². The van der Waals surface area contributed by atoms with E-state index in [1.165, 1.54) is 4.52 Å². The van der Waals surface area contributed by atoms with Crippen LogP contribution in [-0.4, -0.2) is 30.9 Å². The average molecular weight is 232 g/mol. The van der Waals surface area contributed by atoms with Gasteiger partial charge in [0.25, 0.3) is 0 Å². The molecule has 0 atom stereocenters. The van der Waals surface area contributed by atoms with Crippen molar-refractivity contribution in [1.82, 2.24) is 19.8 Å². The fourth-order valence-corrected chi connectivity index (χ4v) is 1.91. The van der Waals surface area contributed by atoms with Gasteiger partial charge in [0, 0.05) is 11.6 Å². The average Bonchev–Trinajstić information content (AvgIpc) is 3.08. The lowest BCUT2D eigenvalue weighted by atomic mass is 10.2. The van der Waals surface area contributed by atoms with E-state index in [-0.39, 0.29) is 5.69 Å². The monoisotopic (exact) mass is 232 g/mol. The number of aryl methyl sites for hydroxylation is 1. The van der Waals surface area contributed by atoms with Crippen molar-refractivity contribution in [2.75, 3.05) is 0 Å². The molecule has 0 bridgehead atoms. The van der Waals surface area contributed by atoms with Crippen LogP contribution in [0.3, 0.4) is 0 Å². The summed E-state index contributed by atoms with van der Waals surface area (Å²) in [5.41, 5.74) is 2.32. The van der Waals surface area contributed by atoms with Gasteiger partial charge in [-0.1, -0.05) is 12.1 Å². The van der Waals surface area contributed by atoms with Crippen LogP contribution < -0.4 is 0 Å². The van der Waals surface area contributed by atoms with Gasteiger partial charge < -0.3 is 5.11 Å². The molecule has 17 heavy (non-hydrogen) atoms. The van der Waals surface area contributed by atoms with Crippen LogP contribution in [0.1, 0.15) is 47.6 Å². The van der Waals surface area contributed by atoms with Gasteiger partial charge in [-0.3, -0.25) is 0 Å². The molecule has 0 aliphatic heterocycles. The van der Waals surface area contributed by atoms with Gasteiger partial charge >= 0.3 is 5.97 Å². The van der Waals surface area contributed by atoms with Crippen molar-refractivity contribution in [1.29, 1.82) is 0 Å². The highest BCUT2D eigenvalue weighted by atomic mass is 16.4. The Kier molecular flexibility index (Phi) is 2.10. The Morgan fingerprint density at radius 2 is 2.35 bits per heavy atom. The van der Waals surface area contributed by atoms with Crippen LogP contribution in [0.5, 0.6) is 0 Å². The fraction of sp³-hybridized carbons (Fsp3) is 0.455. The Labute approximate surface area is 97.3 Å². The zero-order valence-electron chi connectivity index (χ0n) is 9.42. The number of hydrogen-bond acceptors (Lipinski definition) is 4. The number of aromatic carboxylic acids is 1. The standard InChI is InChI=1S/C11H12N4O2/c1-2-7-10-12-8(6-3-4-6)5-9(11(16)17)15(10)14-13-7/h5-6H,2-4H2,1H3,(H,16,17). The summed E-state index contributed by atoms with van der Waals surface area (Å²) in [6.45, 7) is 1.95. The predicted octanol–water partition coefficient (Wildman–Crippen LogP) is 1.26. The van der Waals surface area contributed by atoms with E-state index >= 15 is 0 Å². The van der Waals surface area contributed by atoms with Crippen LogP contribution in [0.15, 0.2) is 6.07 Å². The van der Waals surface area contributed by atoms with Crippen molar-refractivity contribution in [3.8, 4) is 0 Å². The molecule has 6 heteroatoms. The number of aromatic nitrogens is 4. The van der Waals surface area contributed by atoms with Crippen LogP contribution in [0.2, 0.25) is 0 Å². The smallest absolute Gasteiger partial charge is 0.354 e. The first-order valence-electron chi connectivity index (χ1n) is 5.69. The molecule has 0 saturated heterocycles. The van der Waals surface area contributed by atoms with Gasteiger partial charge in [-0.25, -0.2) is 9.78 Å². The van der Waals surface area contributed by atoms with Gasteiger partial charge in [-0.2, -0.15) is 4.52 Å². The highest BCUT2D eigenvalue weighted by Crippen LogP contribution is 2.39. The summed E-state index contributed by atoms with van der Waals surface area (Å²) in [4.78, 5) is 15.7. The molecule has 1 N–H and O–H groups in total. The minimum atomic E-state index is -0.994. The minimum absolute atomic E-state index is 0.143. The second-order valence-corrected chi connectivity index (χ2v) is 4.27. The summed E-state index contributed by atoms with van der Waals surface area (Å²) in [5.74, 6) is -0.579. The lowest BCUT2D eigenvalue weighted by Gasteiger charge is -2.03. The summed E-state index contributed by atoms with van der Waals surface area (Å²) in [6.07, 6.45) is 2.88. The summed E-state index contributed by atoms with van der Waals surface area (Å²) in [7, 11) is 0. The fourth-order valence-electron chi connectivity index (χ4n) is 1.91. The van der Waals surface area contributed by atoms with E-state index in [2.05, 4.69) is 15.3 Å². The van der Waals surface area contributed by atoms with Crippen molar-refractivity contribution in [2.24, 2.45) is 0 Å². The molecule has 3 rings (SSSR count). The third kappa shape index (κ3) is 1.56. The molecule has 0 amide bonds. The molecule has 0 aromatic carbocycles. The van der Waals surface area contributed by atoms with E-state index in [4.69, 9.17) is 0 Å². The quantitative estimate of drug-likeness (QED) is 0.861. The first-order valence-corrected chi connectivity index (χ1v) is 5.69. The first-order chi connectivity index (χ1) is 8.20.